The summed E-state index contributed by atoms with van der Waals surface area (Å²) < 4.78 is 0. The molecule has 0 fully saturated rings. The van der Waals surface area contributed by atoms with Crippen LogP contribution in [0.4, 0.5) is 0 Å². The lowest BCUT2D eigenvalue weighted by molar-refractivity contribution is 0.488. The van der Waals surface area contributed by atoms with Crippen molar-refractivity contribution in [1.82, 2.24) is 20.3 Å². The van der Waals surface area contributed by atoms with Crippen molar-refractivity contribution in [3.05, 3.63) is 42.0 Å². The Labute approximate surface area is 107 Å². The van der Waals surface area contributed by atoms with Gasteiger partial charge < -0.3 is 5.32 Å². The van der Waals surface area contributed by atoms with E-state index >= 15 is 0 Å². The average molecular weight is 240 g/mol. The third-order valence-electron chi connectivity index (χ3n) is 3.45. The van der Waals surface area contributed by atoms with Crippen LogP contribution in [0, 0.1) is 0 Å². The zero-order chi connectivity index (χ0) is 12.4. The van der Waals surface area contributed by atoms with Crippen LogP contribution in [0.1, 0.15) is 30.1 Å². The Bertz CT molecular complexity index is 539. The van der Waals surface area contributed by atoms with Crippen molar-refractivity contribution < 1.29 is 0 Å². The highest BCUT2D eigenvalue weighted by Crippen LogP contribution is 2.28. The lowest BCUT2D eigenvalue weighted by atomic mass is 9.92. The molecule has 2 aromatic heterocycles. The van der Waals surface area contributed by atoms with Gasteiger partial charge in [0.15, 0.2) is 5.82 Å². The van der Waals surface area contributed by atoms with Gasteiger partial charge in [0.2, 0.25) is 0 Å². The van der Waals surface area contributed by atoms with Crippen molar-refractivity contribution in [2.24, 2.45) is 0 Å². The minimum Gasteiger partial charge on any atom is -0.313 e. The molecule has 4 heteroatoms. The molecule has 0 aromatic carbocycles. The van der Waals surface area contributed by atoms with Crippen molar-refractivity contribution in [2.45, 2.75) is 25.3 Å². The monoisotopic (exact) mass is 240 g/mol. The lowest BCUT2D eigenvalue weighted by Gasteiger charge is -2.24. The van der Waals surface area contributed by atoms with Crippen LogP contribution in [-0.2, 0) is 6.42 Å². The summed E-state index contributed by atoms with van der Waals surface area (Å²) in [5, 5.41) is 3.33. The fourth-order valence-corrected chi connectivity index (χ4v) is 2.48. The minimum atomic E-state index is 0.400. The van der Waals surface area contributed by atoms with E-state index in [1.807, 2.05) is 25.4 Å². The second-order valence-corrected chi connectivity index (χ2v) is 4.57. The highest BCUT2D eigenvalue weighted by Gasteiger charge is 2.20. The highest BCUT2D eigenvalue weighted by atomic mass is 14.9. The van der Waals surface area contributed by atoms with Crippen LogP contribution < -0.4 is 5.32 Å². The standard InChI is InChI=1S/C14H16N4/c1-15-12-5-2-6-13-11(12)9-17-14(18-13)10-4-3-7-16-8-10/h3-4,7-9,12,15H,2,5-6H2,1H3. The van der Waals surface area contributed by atoms with Crippen LogP contribution in [0.5, 0.6) is 0 Å². The molecular formula is C14H16N4. The Morgan fingerprint density at radius 1 is 1.33 bits per heavy atom. The maximum atomic E-state index is 4.69. The second-order valence-electron chi connectivity index (χ2n) is 4.57. The molecular weight excluding hydrogens is 224 g/mol. The largest absolute Gasteiger partial charge is 0.313 e. The fraction of sp³-hybridized carbons (Fsp3) is 0.357. The molecule has 3 rings (SSSR count). The SMILES string of the molecule is CNC1CCCc2nc(-c3cccnc3)ncc21. The molecule has 1 aliphatic rings. The maximum absolute atomic E-state index is 4.69. The van der Waals surface area contributed by atoms with Crippen LogP contribution in [0.15, 0.2) is 30.7 Å². The topological polar surface area (TPSA) is 50.7 Å². The second kappa shape index (κ2) is 4.82. The Balaban J connectivity index is 2.01. The number of hydrogen-bond donors (Lipinski definition) is 1. The van der Waals surface area contributed by atoms with E-state index in [1.54, 1.807) is 12.4 Å². The lowest BCUT2D eigenvalue weighted by Crippen LogP contribution is -2.22. The van der Waals surface area contributed by atoms with Crippen LogP contribution in [0.3, 0.4) is 0 Å². The van der Waals surface area contributed by atoms with Gasteiger partial charge in [0.1, 0.15) is 0 Å². The number of rotatable bonds is 2. The quantitative estimate of drug-likeness (QED) is 0.873. The number of hydrogen-bond acceptors (Lipinski definition) is 4. The number of nitrogens with one attached hydrogen (secondary N) is 1. The number of nitrogens with zero attached hydrogens (tertiary/aromatic N) is 3. The molecule has 0 aliphatic heterocycles. The summed E-state index contributed by atoms with van der Waals surface area (Å²) in [6.07, 6.45) is 8.93. The van der Waals surface area contributed by atoms with Crippen molar-refractivity contribution in [3.63, 3.8) is 0 Å². The van der Waals surface area contributed by atoms with Crippen molar-refractivity contribution in [1.29, 1.82) is 0 Å². The summed E-state index contributed by atoms with van der Waals surface area (Å²) in [7, 11) is 1.99. The van der Waals surface area contributed by atoms with Gasteiger partial charge in [-0.3, -0.25) is 4.98 Å². The molecule has 0 saturated carbocycles. The predicted octanol–water partition coefficient (Wildman–Crippen LogP) is 2.14. The minimum absolute atomic E-state index is 0.400. The number of fused-ring (bicyclic) bond motifs is 1. The van der Waals surface area contributed by atoms with E-state index in [9.17, 15) is 0 Å². The molecule has 1 unspecified atom stereocenters. The normalized spacial score (nSPS) is 18.4. The summed E-state index contributed by atoms with van der Waals surface area (Å²) in [4.78, 5) is 13.3. The van der Waals surface area contributed by atoms with Gasteiger partial charge in [0.25, 0.3) is 0 Å². The molecule has 18 heavy (non-hydrogen) atoms. The highest BCUT2D eigenvalue weighted by molar-refractivity contribution is 5.53. The van der Waals surface area contributed by atoms with Gasteiger partial charge in [0.05, 0.1) is 0 Å². The number of aromatic nitrogens is 3. The van der Waals surface area contributed by atoms with Gasteiger partial charge in [-0.1, -0.05) is 0 Å². The Kier molecular flexibility index (Phi) is 3.02. The van der Waals surface area contributed by atoms with Crippen molar-refractivity contribution >= 4 is 0 Å². The van der Waals surface area contributed by atoms with Crippen LogP contribution in [0.2, 0.25) is 0 Å². The van der Waals surface area contributed by atoms with E-state index in [4.69, 9.17) is 4.98 Å². The molecule has 0 spiro atoms. The van der Waals surface area contributed by atoms with E-state index in [1.165, 1.54) is 24.1 Å². The zero-order valence-electron chi connectivity index (χ0n) is 10.4. The van der Waals surface area contributed by atoms with Gasteiger partial charge in [-0.25, -0.2) is 9.97 Å². The Morgan fingerprint density at radius 2 is 2.28 bits per heavy atom. The van der Waals surface area contributed by atoms with Gasteiger partial charge in [-0.05, 0) is 38.4 Å². The smallest absolute Gasteiger partial charge is 0.160 e. The van der Waals surface area contributed by atoms with E-state index in [2.05, 4.69) is 15.3 Å². The first-order valence-corrected chi connectivity index (χ1v) is 6.32. The van der Waals surface area contributed by atoms with Gasteiger partial charge in [-0.15, -0.1) is 0 Å². The van der Waals surface area contributed by atoms with E-state index in [0.717, 1.165) is 17.8 Å². The molecule has 0 saturated heterocycles. The average Bonchev–Trinajstić information content (AvgIpc) is 2.47. The number of pyridine rings is 1. The number of aryl methyl sites for hydroxylation is 1. The molecule has 0 bridgehead atoms. The first kappa shape index (κ1) is 11.3. The van der Waals surface area contributed by atoms with E-state index < -0.39 is 0 Å². The molecule has 2 heterocycles. The van der Waals surface area contributed by atoms with Crippen molar-refractivity contribution in [2.75, 3.05) is 7.05 Å². The third-order valence-corrected chi connectivity index (χ3v) is 3.45. The molecule has 2 aromatic rings. The van der Waals surface area contributed by atoms with Crippen LogP contribution >= 0.6 is 0 Å². The molecule has 1 atom stereocenters. The summed E-state index contributed by atoms with van der Waals surface area (Å²) in [6.45, 7) is 0. The summed E-state index contributed by atoms with van der Waals surface area (Å²) in [5.74, 6) is 0.776. The van der Waals surface area contributed by atoms with Crippen LogP contribution in [0.25, 0.3) is 11.4 Å². The van der Waals surface area contributed by atoms with Crippen molar-refractivity contribution in [3.8, 4) is 11.4 Å². The summed E-state index contributed by atoms with van der Waals surface area (Å²) in [5.41, 5.74) is 3.40. The molecule has 4 nitrogen and oxygen atoms in total. The van der Waals surface area contributed by atoms with Crippen LogP contribution in [-0.4, -0.2) is 22.0 Å². The zero-order valence-corrected chi connectivity index (χ0v) is 10.4. The molecule has 1 N–H and O–H groups in total. The molecule has 0 amide bonds. The summed E-state index contributed by atoms with van der Waals surface area (Å²) >= 11 is 0. The van der Waals surface area contributed by atoms with Gasteiger partial charge in [0, 0.05) is 41.5 Å². The van der Waals surface area contributed by atoms with Gasteiger partial charge >= 0.3 is 0 Å². The maximum Gasteiger partial charge on any atom is 0.160 e. The van der Waals surface area contributed by atoms with E-state index in [-0.39, 0.29) is 0 Å². The first-order chi connectivity index (χ1) is 8.88. The summed E-state index contributed by atoms with van der Waals surface area (Å²) in [6, 6.07) is 4.30. The van der Waals surface area contributed by atoms with Gasteiger partial charge in [-0.2, -0.15) is 0 Å². The Morgan fingerprint density at radius 3 is 3.06 bits per heavy atom. The predicted molar refractivity (Wildman–Crippen MR) is 70.0 cm³/mol. The molecule has 0 radical (unpaired) electrons. The molecule has 1 aliphatic carbocycles. The fourth-order valence-electron chi connectivity index (χ4n) is 2.48. The first-order valence-electron chi connectivity index (χ1n) is 6.32. The molecule has 92 valence electrons. The third kappa shape index (κ3) is 1.99. The van der Waals surface area contributed by atoms with E-state index in [0.29, 0.717) is 6.04 Å². The Hall–Kier alpha value is -1.81.